The van der Waals surface area contributed by atoms with Crippen molar-refractivity contribution in [3.8, 4) is 5.75 Å². The zero-order valence-corrected chi connectivity index (χ0v) is 26.1. The highest BCUT2D eigenvalue weighted by molar-refractivity contribution is 7.92. The van der Waals surface area contributed by atoms with Gasteiger partial charge in [0.1, 0.15) is 18.3 Å². The van der Waals surface area contributed by atoms with Gasteiger partial charge in [0.25, 0.3) is 0 Å². The molecule has 1 N–H and O–H groups in total. The van der Waals surface area contributed by atoms with Gasteiger partial charge in [-0.25, -0.2) is 8.42 Å². The minimum absolute atomic E-state index is 0.0232. The van der Waals surface area contributed by atoms with Crippen molar-refractivity contribution < 1.29 is 22.7 Å². The van der Waals surface area contributed by atoms with Crippen LogP contribution in [-0.4, -0.2) is 56.6 Å². The third kappa shape index (κ3) is 9.38. The van der Waals surface area contributed by atoms with Crippen LogP contribution in [0.3, 0.4) is 0 Å². The Bertz CT molecular complexity index is 1480. The molecular weight excluding hydrogens is 585 g/mol. The Morgan fingerprint density at radius 2 is 1.61 bits per heavy atom. The van der Waals surface area contributed by atoms with Crippen molar-refractivity contribution in [2.24, 2.45) is 0 Å². The number of amides is 2. The summed E-state index contributed by atoms with van der Waals surface area (Å²) >= 11 is 12.5. The zero-order valence-electron chi connectivity index (χ0n) is 23.7. The molecular formula is C30H35Cl2N3O5S. The minimum atomic E-state index is -3.93. The van der Waals surface area contributed by atoms with Crippen LogP contribution >= 0.6 is 23.2 Å². The first-order chi connectivity index (χ1) is 19.2. The second-order valence-corrected chi connectivity index (χ2v) is 13.4. The molecule has 3 aromatic carbocycles. The van der Waals surface area contributed by atoms with Crippen LogP contribution < -0.4 is 14.4 Å². The highest BCUT2D eigenvalue weighted by Crippen LogP contribution is 2.30. The van der Waals surface area contributed by atoms with E-state index in [9.17, 15) is 18.0 Å². The number of ether oxygens (including phenoxy) is 1. The molecule has 8 nitrogen and oxygen atoms in total. The van der Waals surface area contributed by atoms with E-state index < -0.39 is 34.1 Å². The molecule has 0 unspecified atom stereocenters. The summed E-state index contributed by atoms with van der Waals surface area (Å²) in [6.45, 7) is 5.02. The Labute approximate surface area is 252 Å². The first kappa shape index (κ1) is 32.2. The normalized spacial score (nSPS) is 12.4. The Morgan fingerprint density at radius 1 is 0.951 bits per heavy atom. The second-order valence-electron chi connectivity index (χ2n) is 10.7. The van der Waals surface area contributed by atoms with Crippen LogP contribution in [0.25, 0.3) is 0 Å². The maximum atomic E-state index is 14.1. The molecule has 0 heterocycles. The summed E-state index contributed by atoms with van der Waals surface area (Å²) in [7, 11) is -2.48. The molecule has 0 saturated carbocycles. The van der Waals surface area contributed by atoms with E-state index in [0.29, 0.717) is 16.3 Å². The number of hydrogen-bond acceptors (Lipinski definition) is 5. The van der Waals surface area contributed by atoms with E-state index in [1.807, 2.05) is 51.1 Å². The van der Waals surface area contributed by atoms with Crippen LogP contribution in [0.4, 0.5) is 5.69 Å². The topological polar surface area (TPSA) is 96.0 Å². The van der Waals surface area contributed by atoms with Gasteiger partial charge in [0.05, 0.1) is 24.1 Å². The van der Waals surface area contributed by atoms with Crippen LogP contribution in [0.5, 0.6) is 5.75 Å². The summed E-state index contributed by atoms with van der Waals surface area (Å²) in [5.74, 6) is -0.581. The van der Waals surface area contributed by atoms with E-state index in [1.54, 1.807) is 24.3 Å². The van der Waals surface area contributed by atoms with Gasteiger partial charge in [-0.1, -0.05) is 65.7 Å². The molecule has 2 amide bonds. The van der Waals surface area contributed by atoms with Crippen molar-refractivity contribution >= 4 is 50.7 Å². The van der Waals surface area contributed by atoms with E-state index in [1.165, 1.54) is 30.2 Å². The molecule has 0 aliphatic rings. The van der Waals surface area contributed by atoms with Gasteiger partial charge in [-0.2, -0.15) is 0 Å². The van der Waals surface area contributed by atoms with Gasteiger partial charge in [0, 0.05) is 23.5 Å². The number of carbonyl (C=O) groups is 2. The lowest BCUT2D eigenvalue weighted by Crippen LogP contribution is -2.56. The number of rotatable bonds is 11. The SMILES string of the molecule is COc1ccc(N(CC(=O)N(Cc2cccc(Cl)c2)[C@H](Cc2ccccc2)C(=O)NC(C)(C)C)S(C)(=O)=O)cc1Cl. The first-order valence-electron chi connectivity index (χ1n) is 12.9. The summed E-state index contributed by atoms with van der Waals surface area (Å²) in [4.78, 5) is 29.3. The summed E-state index contributed by atoms with van der Waals surface area (Å²) in [6.07, 6.45) is 1.22. The Morgan fingerprint density at radius 3 is 2.17 bits per heavy atom. The molecule has 220 valence electrons. The maximum Gasteiger partial charge on any atom is 0.244 e. The molecule has 0 saturated heterocycles. The van der Waals surface area contributed by atoms with E-state index in [2.05, 4.69) is 5.32 Å². The Hall–Kier alpha value is -3.27. The fourth-order valence-corrected chi connectivity index (χ4v) is 5.57. The van der Waals surface area contributed by atoms with Crippen molar-refractivity contribution in [3.63, 3.8) is 0 Å². The van der Waals surface area contributed by atoms with Gasteiger partial charge in [0.15, 0.2) is 0 Å². The highest BCUT2D eigenvalue weighted by Gasteiger charge is 2.34. The monoisotopic (exact) mass is 619 g/mol. The smallest absolute Gasteiger partial charge is 0.244 e. The molecule has 1 atom stereocenters. The van der Waals surface area contributed by atoms with Crippen LogP contribution in [0.2, 0.25) is 10.0 Å². The minimum Gasteiger partial charge on any atom is -0.495 e. The first-order valence-corrected chi connectivity index (χ1v) is 15.5. The average molecular weight is 621 g/mol. The van der Waals surface area contributed by atoms with Gasteiger partial charge < -0.3 is 15.0 Å². The predicted octanol–water partition coefficient (Wildman–Crippen LogP) is 5.32. The lowest BCUT2D eigenvalue weighted by atomic mass is 10.0. The van der Waals surface area contributed by atoms with Crippen molar-refractivity contribution in [1.29, 1.82) is 0 Å². The molecule has 0 aliphatic heterocycles. The summed E-state index contributed by atoms with van der Waals surface area (Å²) in [6, 6.07) is 19.8. The third-order valence-corrected chi connectivity index (χ3v) is 7.78. The Kier molecular flexibility index (Phi) is 10.7. The molecule has 41 heavy (non-hydrogen) atoms. The summed E-state index contributed by atoms with van der Waals surface area (Å²) in [5, 5.41) is 3.65. The largest absolute Gasteiger partial charge is 0.495 e. The van der Waals surface area contributed by atoms with Crippen molar-refractivity contribution in [3.05, 3.63) is 94.0 Å². The lowest BCUT2D eigenvalue weighted by molar-refractivity contribution is -0.140. The molecule has 0 bridgehead atoms. The molecule has 0 spiro atoms. The maximum absolute atomic E-state index is 14.1. The number of sulfonamides is 1. The summed E-state index contributed by atoms with van der Waals surface area (Å²) in [5.41, 5.74) is 1.14. The second kappa shape index (κ2) is 13.6. The quantitative estimate of drug-likeness (QED) is 0.313. The van der Waals surface area contributed by atoms with Gasteiger partial charge in [-0.05, 0) is 62.2 Å². The number of nitrogens with one attached hydrogen (secondary N) is 1. The molecule has 0 aromatic heterocycles. The number of anilines is 1. The number of hydrogen-bond donors (Lipinski definition) is 1. The van der Waals surface area contributed by atoms with Crippen molar-refractivity contribution in [2.45, 2.75) is 45.3 Å². The molecule has 3 aromatic rings. The average Bonchev–Trinajstić information content (AvgIpc) is 2.88. The highest BCUT2D eigenvalue weighted by atomic mass is 35.5. The van der Waals surface area contributed by atoms with E-state index in [-0.39, 0.29) is 29.6 Å². The zero-order chi connectivity index (χ0) is 30.4. The number of benzene rings is 3. The van der Waals surface area contributed by atoms with Gasteiger partial charge in [-0.15, -0.1) is 0 Å². The molecule has 3 rings (SSSR count). The lowest BCUT2D eigenvalue weighted by Gasteiger charge is -2.35. The number of carbonyl (C=O) groups excluding carboxylic acids is 2. The number of methoxy groups -OCH3 is 1. The van der Waals surface area contributed by atoms with Crippen molar-refractivity contribution in [2.75, 3.05) is 24.2 Å². The third-order valence-electron chi connectivity index (χ3n) is 6.11. The van der Waals surface area contributed by atoms with E-state index in [0.717, 1.165) is 16.1 Å². The van der Waals surface area contributed by atoms with Gasteiger partial charge in [0.2, 0.25) is 21.8 Å². The number of halogens is 2. The van der Waals surface area contributed by atoms with E-state index in [4.69, 9.17) is 27.9 Å². The standard InChI is InChI=1S/C30H35Cl2N3O5S/c1-30(2,3)33-29(37)26(17-21-10-7-6-8-11-21)34(19-22-12-9-13-23(31)16-22)28(36)20-35(41(5,38)39)24-14-15-27(40-4)25(32)18-24/h6-16,18,26H,17,19-20H2,1-5H3,(H,33,37)/t26-/m1/s1. The van der Waals surface area contributed by atoms with Crippen LogP contribution in [0.15, 0.2) is 72.8 Å². The van der Waals surface area contributed by atoms with Gasteiger partial charge >= 0.3 is 0 Å². The molecule has 0 radical (unpaired) electrons. The van der Waals surface area contributed by atoms with E-state index >= 15 is 0 Å². The van der Waals surface area contributed by atoms with Gasteiger partial charge in [-0.3, -0.25) is 13.9 Å². The number of nitrogens with zero attached hydrogens (tertiary/aromatic N) is 2. The fraction of sp³-hybridized carbons (Fsp3) is 0.333. The van der Waals surface area contributed by atoms with Crippen LogP contribution in [-0.2, 0) is 32.6 Å². The molecule has 0 aliphatic carbocycles. The predicted molar refractivity (Wildman–Crippen MR) is 164 cm³/mol. The van der Waals surface area contributed by atoms with Crippen LogP contribution in [0, 0.1) is 0 Å². The Balaban J connectivity index is 2.09. The summed E-state index contributed by atoms with van der Waals surface area (Å²) < 4.78 is 32.0. The fourth-order valence-electron chi connectivity index (χ4n) is 4.26. The molecule has 11 heteroatoms. The van der Waals surface area contributed by atoms with Crippen LogP contribution in [0.1, 0.15) is 31.9 Å². The molecule has 0 fully saturated rings. The van der Waals surface area contributed by atoms with Crippen molar-refractivity contribution in [1.82, 2.24) is 10.2 Å².